The molecule has 0 spiro atoms. The predicted octanol–water partition coefficient (Wildman–Crippen LogP) is 13.4. The third-order valence-corrected chi connectivity index (χ3v) is 12.1. The molecule has 258 valence electrons. The number of hydrogen-bond donors (Lipinski definition) is 0. The minimum Gasteiger partial charge on any atom is -0.456 e. The van der Waals surface area contributed by atoms with Crippen molar-refractivity contribution in [2.75, 3.05) is 0 Å². The minimum atomic E-state index is -0.569. The van der Waals surface area contributed by atoms with E-state index in [1.807, 2.05) is 0 Å². The van der Waals surface area contributed by atoms with Gasteiger partial charge in [0.2, 0.25) is 0 Å². The first-order valence-electron chi connectivity index (χ1n) is 19.1. The van der Waals surface area contributed by atoms with E-state index in [4.69, 9.17) is 4.74 Å². The molecule has 55 heavy (non-hydrogen) atoms. The minimum absolute atomic E-state index is 0.489. The normalized spacial score (nSPS) is 16.0. The Balaban J connectivity index is 1.14. The van der Waals surface area contributed by atoms with Gasteiger partial charge < -0.3 is 4.74 Å². The van der Waals surface area contributed by atoms with Gasteiger partial charge in [-0.1, -0.05) is 212 Å². The van der Waals surface area contributed by atoms with Crippen LogP contribution in [-0.2, 0) is 10.8 Å². The zero-order valence-corrected chi connectivity index (χ0v) is 30.2. The number of hydrogen-bond acceptors (Lipinski definition) is 1. The lowest BCUT2D eigenvalue weighted by atomic mass is 9.63. The summed E-state index contributed by atoms with van der Waals surface area (Å²) in [6.07, 6.45) is 0. The summed E-state index contributed by atoms with van der Waals surface area (Å²) < 4.78 is 7.01. The van der Waals surface area contributed by atoms with Crippen molar-refractivity contribution in [2.45, 2.75) is 10.8 Å². The summed E-state index contributed by atoms with van der Waals surface area (Å²) >= 11 is 0. The number of fused-ring (bicyclic) bond motifs is 7. The maximum Gasteiger partial charge on any atom is 0.140 e. The summed E-state index contributed by atoms with van der Waals surface area (Å²) in [5.41, 5.74) is 13.6. The van der Waals surface area contributed by atoms with Crippen molar-refractivity contribution < 1.29 is 4.74 Å². The summed E-state index contributed by atoms with van der Waals surface area (Å²) in [6.45, 7) is 0. The van der Waals surface area contributed by atoms with Gasteiger partial charge in [-0.05, 0) is 66.9 Å². The number of rotatable bonds is 5. The maximum atomic E-state index is 7.01. The highest BCUT2D eigenvalue weighted by Crippen LogP contribution is 2.59. The molecule has 1 aliphatic carbocycles. The average Bonchev–Trinajstić information content (AvgIpc) is 3.58. The van der Waals surface area contributed by atoms with Crippen LogP contribution in [0.25, 0.3) is 33.0 Å². The molecule has 9 aromatic rings. The Morgan fingerprint density at radius 3 is 1.51 bits per heavy atom. The van der Waals surface area contributed by atoms with Crippen molar-refractivity contribution in [2.24, 2.45) is 0 Å². The summed E-state index contributed by atoms with van der Waals surface area (Å²) in [7, 11) is 0. The molecule has 0 radical (unpaired) electrons. The molecule has 0 fully saturated rings. The fraction of sp³-hybridized carbons (Fsp3) is 0.0370. The summed E-state index contributed by atoms with van der Waals surface area (Å²) in [4.78, 5) is 0. The Morgan fingerprint density at radius 1 is 0.309 bits per heavy atom. The van der Waals surface area contributed by atoms with E-state index in [2.05, 4.69) is 218 Å². The molecule has 1 unspecified atom stereocenters. The van der Waals surface area contributed by atoms with Crippen LogP contribution in [0, 0.1) is 0 Å². The largest absolute Gasteiger partial charge is 0.456 e. The third-order valence-electron chi connectivity index (χ3n) is 12.1. The maximum absolute atomic E-state index is 7.01. The molecule has 1 atom stereocenters. The monoisotopic (exact) mass is 700 g/mol. The molecule has 11 rings (SSSR count). The Bertz CT molecular complexity index is 2840. The summed E-state index contributed by atoms with van der Waals surface area (Å²) in [6, 6.07) is 79.8. The van der Waals surface area contributed by atoms with Gasteiger partial charge in [-0.2, -0.15) is 0 Å². The van der Waals surface area contributed by atoms with E-state index in [-0.39, 0.29) is 0 Å². The molecule has 1 heterocycles. The molecular formula is C54H36O. The predicted molar refractivity (Wildman–Crippen MR) is 225 cm³/mol. The van der Waals surface area contributed by atoms with Crippen LogP contribution in [0.3, 0.4) is 0 Å². The molecule has 0 N–H and O–H groups in total. The Hall–Kier alpha value is -6.96. The van der Waals surface area contributed by atoms with Gasteiger partial charge in [-0.15, -0.1) is 0 Å². The lowest BCUT2D eigenvalue weighted by molar-refractivity contribution is 0.436. The second kappa shape index (κ2) is 12.3. The molecule has 0 amide bonds. The van der Waals surface area contributed by atoms with Gasteiger partial charge in [-0.25, -0.2) is 0 Å². The molecule has 0 aromatic heterocycles. The van der Waals surface area contributed by atoms with E-state index >= 15 is 0 Å². The van der Waals surface area contributed by atoms with Crippen LogP contribution in [0.4, 0.5) is 0 Å². The summed E-state index contributed by atoms with van der Waals surface area (Å²) in [5.74, 6) is 1.77. The van der Waals surface area contributed by atoms with Gasteiger partial charge >= 0.3 is 0 Å². The van der Waals surface area contributed by atoms with Crippen LogP contribution < -0.4 is 4.74 Å². The molecule has 0 saturated carbocycles. The molecule has 9 aromatic carbocycles. The van der Waals surface area contributed by atoms with E-state index in [0.29, 0.717) is 0 Å². The molecule has 0 bridgehead atoms. The lowest BCUT2D eigenvalue weighted by Crippen LogP contribution is -2.34. The Kier molecular flexibility index (Phi) is 7.06. The first-order valence-corrected chi connectivity index (χ1v) is 19.1. The van der Waals surface area contributed by atoms with E-state index in [9.17, 15) is 0 Å². The van der Waals surface area contributed by atoms with Gasteiger partial charge in [0.1, 0.15) is 11.5 Å². The highest BCUT2D eigenvalue weighted by Gasteiger charge is 2.48. The molecule has 1 aliphatic heterocycles. The van der Waals surface area contributed by atoms with Crippen LogP contribution in [0.15, 0.2) is 218 Å². The van der Waals surface area contributed by atoms with Crippen LogP contribution in [0.5, 0.6) is 11.5 Å². The van der Waals surface area contributed by atoms with Gasteiger partial charge in [0.25, 0.3) is 0 Å². The van der Waals surface area contributed by atoms with E-state index in [1.165, 1.54) is 55.3 Å². The average molecular weight is 701 g/mol. The number of benzene rings is 9. The van der Waals surface area contributed by atoms with Crippen molar-refractivity contribution in [1.82, 2.24) is 0 Å². The molecule has 0 saturated heterocycles. The topological polar surface area (TPSA) is 9.23 Å². The SMILES string of the molecule is c1ccc(C2(c3ccccc3)c3ccccc3Oc3c(-c4ccc(C5(c6ccccc6)c6ccccc6-c6c5ccc5ccccc65)cc4)cccc32)cc1. The van der Waals surface area contributed by atoms with Crippen LogP contribution in [-0.4, -0.2) is 0 Å². The fourth-order valence-electron chi connectivity index (χ4n) is 9.88. The van der Waals surface area contributed by atoms with Crippen LogP contribution in [0.2, 0.25) is 0 Å². The smallest absolute Gasteiger partial charge is 0.140 e. The standard InChI is InChI=1S/C54H36O/c1-4-18-39(19-5-1)53(46-27-13-12-25-45(46)51-43-24-11-10-17-37(43)33-36-48(51)53)42-34-31-38(32-35-42)44-26-16-29-49-52(44)55-50-30-15-14-28-47(50)54(49,40-20-6-2-7-21-40)41-22-8-3-9-23-41/h1-36H. The molecule has 1 nitrogen and oxygen atoms in total. The van der Waals surface area contributed by atoms with Crippen molar-refractivity contribution in [3.63, 3.8) is 0 Å². The molecule has 1 heteroatoms. The van der Waals surface area contributed by atoms with E-state index < -0.39 is 10.8 Å². The number of para-hydroxylation sites is 2. The van der Waals surface area contributed by atoms with Crippen LogP contribution >= 0.6 is 0 Å². The molecular weight excluding hydrogens is 665 g/mol. The zero-order chi connectivity index (χ0) is 36.4. The Labute approximate surface area is 321 Å². The first kappa shape index (κ1) is 31.6. The second-order valence-corrected chi connectivity index (χ2v) is 14.7. The van der Waals surface area contributed by atoms with Gasteiger partial charge in [-0.3, -0.25) is 0 Å². The van der Waals surface area contributed by atoms with Crippen molar-refractivity contribution in [3.8, 4) is 33.8 Å². The fourth-order valence-corrected chi connectivity index (χ4v) is 9.88. The molecule has 2 aliphatic rings. The quantitative estimate of drug-likeness (QED) is 0.174. The lowest BCUT2D eigenvalue weighted by Gasteiger charge is -2.42. The highest BCUT2D eigenvalue weighted by atomic mass is 16.5. The van der Waals surface area contributed by atoms with E-state index in [0.717, 1.165) is 33.8 Å². The zero-order valence-electron chi connectivity index (χ0n) is 30.2. The van der Waals surface area contributed by atoms with E-state index in [1.54, 1.807) is 0 Å². The van der Waals surface area contributed by atoms with Crippen LogP contribution in [0.1, 0.15) is 44.5 Å². The van der Waals surface area contributed by atoms with Crippen molar-refractivity contribution >= 4 is 10.8 Å². The van der Waals surface area contributed by atoms with Gasteiger partial charge in [0, 0.05) is 16.7 Å². The van der Waals surface area contributed by atoms with Crippen molar-refractivity contribution in [1.29, 1.82) is 0 Å². The third kappa shape index (κ3) is 4.41. The van der Waals surface area contributed by atoms with Gasteiger partial charge in [0.15, 0.2) is 0 Å². The highest BCUT2D eigenvalue weighted by molar-refractivity contribution is 6.04. The van der Waals surface area contributed by atoms with Crippen molar-refractivity contribution in [3.05, 3.63) is 263 Å². The van der Waals surface area contributed by atoms with Gasteiger partial charge in [0.05, 0.1) is 10.8 Å². The second-order valence-electron chi connectivity index (χ2n) is 14.7. The first-order chi connectivity index (χ1) is 27.3. The Morgan fingerprint density at radius 2 is 0.818 bits per heavy atom. The number of ether oxygens (including phenoxy) is 1. The summed E-state index contributed by atoms with van der Waals surface area (Å²) in [5, 5.41) is 2.54.